The molecule has 126 valence electrons. The Bertz CT molecular complexity index is 718. The number of aromatic nitrogens is 1. The smallest absolute Gasteiger partial charge is 0.264 e. The maximum atomic E-state index is 12.9. The topological polar surface area (TPSA) is 51.7 Å². The van der Waals surface area contributed by atoms with Crippen molar-refractivity contribution < 1.29 is 14.3 Å². The van der Waals surface area contributed by atoms with E-state index in [-0.39, 0.29) is 24.2 Å². The molecule has 0 aromatic carbocycles. The highest BCUT2D eigenvalue weighted by molar-refractivity contribution is 7.13. The number of pyridine rings is 1. The van der Waals surface area contributed by atoms with Crippen LogP contribution < -0.4 is 4.74 Å². The van der Waals surface area contributed by atoms with Gasteiger partial charge in [-0.15, -0.1) is 11.3 Å². The van der Waals surface area contributed by atoms with E-state index in [0.29, 0.717) is 13.2 Å². The third-order valence-electron chi connectivity index (χ3n) is 4.67. The Labute approximate surface area is 145 Å². The van der Waals surface area contributed by atoms with Gasteiger partial charge in [-0.2, -0.15) is 0 Å². The molecule has 1 aliphatic carbocycles. The van der Waals surface area contributed by atoms with Crippen LogP contribution in [0.15, 0.2) is 36.7 Å². The van der Waals surface area contributed by atoms with Gasteiger partial charge < -0.3 is 14.4 Å². The van der Waals surface area contributed by atoms with Crippen LogP contribution in [-0.4, -0.2) is 47.2 Å². The summed E-state index contributed by atoms with van der Waals surface area (Å²) in [6.45, 7) is 3.23. The van der Waals surface area contributed by atoms with Crippen molar-refractivity contribution in [2.75, 3.05) is 13.2 Å². The average molecular weight is 344 g/mol. The minimum atomic E-state index is -0.0658. The van der Waals surface area contributed by atoms with Gasteiger partial charge in [0.2, 0.25) is 0 Å². The van der Waals surface area contributed by atoms with Crippen LogP contribution in [0.4, 0.5) is 0 Å². The van der Waals surface area contributed by atoms with Gasteiger partial charge in [0, 0.05) is 17.6 Å². The second-order valence-electron chi connectivity index (χ2n) is 6.23. The molecule has 0 N–H and O–H groups in total. The predicted molar refractivity (Wildman–Crippen MR) is 91.5 cm³/mol. The highest BCUT2D eigenvalue weighted by Crippen LogP contribution is 2.34. The number of thiophene rings is 1. The van der Waals surface area contributed by atoms with E-state index >= 15 is 0 Å². The summed E-state index contributed by atoms with van der Waals surface area (Å²) in [5.74, 6) is 0.873. The fraction of sp³-hybridized carbons (Fsp3) is 0.444. The van der Waals surface area contributed by atoms with Crippen molar-refractivity contribution in [1.29, 1.82) is 0 Å². The molecule has 1 saturated heterocycles. The number of aryl methyl sites for hydroxylation is 1. The molecule has 6 heteroatoms. The van der Waals surface area contributed by atoms with Crippen LogP contribution in [0.5, 0.6) is 5.75 Å². The Morgan fingerprint density at radius 3 is 3.04 bits per heavy atom. The number of rotatable bonds is 3. The van der Waals surface area contributed by atoms with E-state index in [4.69, 9.17) is 9.47 Å². The molecule has 0 bridgehead atoms. The molecule has 3 atom stereocenters. The predicted octanol–water partition coefficient (Wildman–Crippen LogP) is 2.90. The lowest BCUT2D eigenvalue weighted by molar-refractivity contribution is -0.0785. The van der Waals surface area contributed by atoms with Crippen molar-refractivity contribution >= 4 is 17.2 Å². The lowest BCUT2D eigenvalue weighted by atomic mass is 10.1. The third kappa shape index (κ3) is 2.91. The molecule has 5 nitrogen and oxygen atoms in total. The first kappa shape index (κ1) is 15.6. The maximum Gasteiger partial charge on any atom is 0.264 e. The highest BCUT2D eigenvalue weighted by Gasteiger charge is 2.46. The van der Waals surface area contributed by atoms with Crippen LogP contribution in [-0.2, 0) is 4.74 Å². The second kappa shape index (κ2) is 6.53. The number of carbonyl (C=O) groups is 1. The fourth-order valence-electron chi connectivity index (χ4n) is 3.58. The molecule has 1 amide bonds. The summed E-state index contributed by atoms with van der Waals surface area (Å²) in [6, 6.07) is 7.78. The first-order chi connectivity index (χ1) is 11.7. The molecular formula is C18H20N2O3S. The summed E-state index contributed by atoms with van der Waals surface area (Å²) < 4.78 is 12.0. The molecule has 1 aliphatic heterocycles. The van der Waals surface area contributed by atoms with Gasteiger partial charge in [-0.1, -0.05) is 0 Å². The van der Waals surface area contributed by atoms with Gasteiger partial charge in [0.15, 0.2) is 0 Å². The number of morpholine rings is 1. The Morgan fingerprint density at radius 1 is 1.38 bits per heavy atom. The number of nitrogens with zero attached hydrogens (tertiary/aromatic N) is 2. The number of ether oxygens (including phenoxy) is 2. The summed E-state index contributed by atoms with van der Waals surface area (Å²) in [5, 5.41) is 0. The van der Waals surface area contributed by atoms with Gasteiger partial charge in [-0.3, -0.25) is 9.78 Å². The fourth-order valence-corrected chi connectivity index (χ4v) is 4.40. The lowest BCUT2D eigenvalue weighted by Crippen LogP contribution is -2.54. The molecule has 2 aromatic rings. The summed E-state index contributed by atoms with van der Waals surface area (Å²) >= 11 is 1.56. The van der Waals surface area contributed by atoms with Crippen molar-refractivity contribution in [3.05, 3.63) is 46.4 Å². The normalized spacial score (nSPS) is 26.2. The van der Waals surface area contributed by atoms with Crippen molar-refractivity contribution in [3.63, 3.8) is 0 Å². The van der Waals surface area contributed by atoms with E-state index in [1.807, 2.05) is 36.1 Å². The zero-order chi connectivity index (χ0) is 16.5. The van der Waals surface area contributed by atoms with Gasteiger partial charge >= 0.3 is 0 Å². The first-order valence-electron chi connectivity index (χ1n) is 8.28. The number of amides is 1. The minimum Gasteiger partial charge on any atom is -0.486 e. The molecule has 4 rings (SSSR count). The Balaban J connectivity index is 1.49. The zero-order valence-corrected chi connectivity index (χ0v) is 14.4. The van der Waals surface area contributed by atoms with Crippen LogP contribution in [0, 0.1) is 6.92 Å². The maximum absolute atomic E-state index is 12.9. The number of fused-ring (bicyclic) bond motifs is 1. The van der Waals surface area contributed by atoms with E-state index < -0.39 is 0 Å². The second-order valence-corrected chi connectivity index (χ2v) is 7.52. The quantitative estimate of drug-likeness (QED) is 0.859. The number of carbonyl (C=O) groups excluding carboxylic acids is 1. The number of hydrogen-bond donors (Lipinski definition) is 0. The van der Waals surface area contributed by atoms with Crippen LogP contribution in [0.3, 0.4) is 0 Å². The van der Waals surface area contributed by atoms with Crippen LogP contribution in [0.1, 0.15) is 27.4 Å². The largest absolute Gasteiger partial charge is 0.486 e. The van der Waals surface area contributed by atoms with E-state index in [2.05, 4.69) is 4.98 Å². The molecule has 0 radical (unpaired) electrons. The average Bonchev–Trinajstić information content (AvgIpc) is 3.22. The number of hydrogen-bond acceptors (Lipinski definition) is 5. The monoisotopic (exact) mass is 344 g/mol. The van der Waals surface area contributed by atoms with E-state index in [0.717, 1.165) is 28.3 Å². The van der Waals surface area contributed by atoms with E-state index in [1.165, 1.54) is 0 Å². The van der Waals surface area contributed by atoms with Crippen molar-refractivity contribution in [2.24, 2.45) is 0 Å². The molecule has 0 spiro atoms. The van der Waals surface area contributed by atoms with Crippen molar-refractivity contribution in [1.82, 2.24) is 9.88 Å². The molecule has 3 heterocycles. The summed E-state index contributed by atoms with van der Waals surface area (Å²) in [6.07, 6.45) is 5.14. The molecule has 1 saturated carbocycles. The summed E-state index contributed by atoms with van der Waals surface area (Å²) in [7, 11) is 0. The highest BCUT2D eigenvalue weighted by atomic mass is 32.1. The molecule has 0 unspecified atom stereocenters. The zero-order valence-electron chi connectivity index (χ0n) is 13.6. The van der Waals surface area contributed by atoms with Gasteiger partial charge in [-0.05, 0) is 44.0 Å². The van der Waals surface area contributed by atoms with Crippen LogP contribution in [0.25, 0.3) is 0 Å². The summed E-state index contributed by atoms with van der Waals surface area (Å²) in [4.78, 5) is 20.9. The molecule has 2 aliphatic rings. The van der Waals surface area contributed by atoms with Gasteiger partial charge in [0.25, 0.3) is 5.91 Å². The molecule has 2 aromatic heterocycles. The van der Waals surface area contributed by atoms with Crippen molar-refractivity contribution in [3.8, 4) is 5.75 Å². The molecule has 2 fully saturated rings. The minimum absolute atomic E-state index is 0.0279. The SMILES string of the molecule is Cc1ccc(C(=O)N2CCO[C@H]3[C@@H](Oc4cccnc4)CC[C@@H]32)s1. The van der Waals surface area contributed by atoms with E-state index in [9.17, 15) is 4.79 Å². The molecular weight excluding hydrogens is 324 g/mol. The summed E-state index contributed by atoms with van der Waals surface area (Å²) in [5.41, 5.74) is 0. The molecule has 24 heavy (non-hydrogen) atoms. The van der Waals surface area contributed by atoms with Crippen LogP contribution in [0.2, 0.25) is 0 Å². The van der Waals surface area contributed by atoms with Gasteiger partial charge in [0.1, 0.15) is 18.0 Å². The lowest BCUT2D eigenvalue weighted by Gasteiger charge is -2.38. The standard InChI is InChI=1S/C18H20N2O3S/c1-12-4-7-16(24-12)18(21)20-9-10-22-17-14(20)5-6-15(17)23-13-3-2-8-19-11-13/h2-4,7-8,11,14-15,17H,5-6,9-10H2,1H3/t14-,15-,17+/m0/s1. The van der Waals surface area contributed by atoms with E-state index in [1.54, 1.807) is 23.7 Å². The van der Waals surface area contributed by atoms with Crippen molar-refractivity contribution in [2.45, 2.75) is 38.0 Å². The Morgan fingerprint density at radius 2 is 2.29 bits per heavy atom. The first-order valence-corrected chi connectivity index (χ1v) is 9.10. The Hall–Kier alpha value is -1.92. The third-order valence-corrected chi connectivity index (χ3v) is 5.66. The van der Waals surface area contributed by atoms with Gasteiger partial charge in [0.05, 0.1) is 23.7 Å². The van der Waals surface area contributed by atoms with Gasteiger partial charge in [-0.25, -0.2) is 0 Å². The Kier molecular flexibility index (Phi) is 4.24. The van der Waals surface area contributed by atoms with Crippen LogP contribution >= 0.6 is 11.3 Å².